The number of ether oxygens (including phenoxy) is 2. The van der Waals surface area contributed by atoms with Crippen LogP contribution in [0, 0.1) is 0 Å². The molecule has 3 heteroatoms. The van der Waals surface area contributed by atoms with Crippen molar-refractivity contribution in [3.8, 4) is 22.6 Å². The van der Waals surface area contributed by atoms with Crippen LogP contribution in [-0.2, 0) is 0 Å². The summed E-state index contributed by atoms with van der Waals surface area (Å²) in [7, 11) is 0. The Bertz CT molecular complexity index is 1030. The van der Waals surface area contributed by atoms with Gasteiger partial charge in [0.1, 0.15) is 0 Å². The van der Waals surface area contributed by atoms with E-state index in [2.05, 4.69) is 66.7 Å². The van der Waals surface area contributed by atoms with E-state index in [4.69, 9.17) is 9.47 Å². The van der Waals surface area contributed by atoms with Gasteiger partial charge in [0, 0.05) is 0 Å². The van der Waals surface area contributed by atoms with Gasteiger partial charge in [0.25, 0.3) is 0 Å². The second kappa shape index (κ2) is 9.97. The Morgan fingerprint density at radius 1 is 0.517 bits per heavy atom. The fourth-order valence-electron chi connectivity index (χ4n) is 3.04. The summed E-state index contributed by atoms with van der Waals surface area (Å²) in [5.41, 5.74) is 2.36. The first-order valence-corrected chi connectivity index (χ1v) is 11.3. The van der Waals surface area contributed by atoms with Crippen molar-refractivity contribution in [1.82, 2.24) is 0 Å². The van der Waals surface area contributed by atoms with Crippen LogP contribution in [0.4, 0.5) is 0 Å². The number of hydrogen-bond acceptors (Lipinski definition) is 2. The molecule has 0 bridgehead atoms. The average molecular weight is 445 g/mol. The van der Waals surface area contributed by atoms with Crippen molar-refractivity contribution in [3.63, 3.8) is 0 Å². The molecule has 0 heterocycles. The van der Waals surface area contributed by atoms with Crippen molar-refractivity contribution in [2.45, 2.75) is 0 Å². The van der Waals surface area contributed by atoms with Crippen LogP contribution in [0.2, 0.25) is 0 Å². The van der Waals surface area contributed by atoms with Gasteiger partial charge >= 0.3 is 178 Å². The zero-order valence-electron chi connectivity index (χ0n) is 16.0. The Morgan fingerprint density at radius 2 is 1.10 bits per heavy atom. The van der Waals surface area contributed by atoms with E-state index >= 15 is 0 Å². The van der Waals surface area contributed by atoms with Crippen LogP contribution in [0.25, 0.3) is 11.1 Å². The number of rotatable bonds is 8. The second-order valence-corrected chi connectivity index (χ2v) is 8.76. The van der Waals surface area contributed by atoms with Crippen molar-refractivity contribution in [3.05, 3.63) is 109 Å². The molecule has 0 saturated carbocycles. The van der Waals surface area contributed by atoms with Gasteiger partial charge in [-0.2, -0.15) is 0 Å². The molecule has 144 valence electrons. The van der Waals surface area contributed by atoms with Gasteiger partial charge < -0.3 is 0 Å². The van der Waals surface area contributed by atoms with Gasteiger partial charge in [0.2, 0.25) is 0 Å². The molecule has 0 saturated heterocycles. The Kier molecular flexibility index (Phi) is 6.64. The van der Waals surface area contributed by atoms with Crippen LogP contribution >= 0.6 is 0 Å². The minimum absolute atomic E-state index is 0.237. The maximum atomic E-state index is 6.10. The standard InChI is InChI=1S/C26H22O2Se/c1-3-11-21(12-4-1)27-19-20-28-25-17-9-7-15-23(25)24-16-8-10-18-26(24)29-22-13-5-2-6-14-22/h1-18H,19-20H2. The van der Waals surface area contributed by atoms with Gasteiger partial charge in [-0.3, -0.25) is 0 Å². The molecule has 4 rings (SSSR count). The molecule has 0 atom stereocenters. The van der Waals surface area contributed by atoms with Gasteiger partial charge in [0.05, 0.1) is 0 Å². The summed E-state index contributed by atoms with van der Waals surface area (Å²) in [6, 6.07) is 37.3. The van der Waals surface area contributed by atoms with Crippen LogP contribution in [0.15, 0.2) is 109 Å². The molecule has 0 aliphatic heterocycles. The molecular formula is C26H22O2Se. The molecule has 0 aliphatic rings. The van der Waals surface area contributed by atoms with E-state index < -0.39 is 0 Å². The van der Waals surface area contributed by atoms with Crippen LogP contribution in [-0.4, -0.2) is 28.2 Å². The molecular weight excluding hydrogens is 423 g/mol. The molecule has 0 aliphatic carbocycles. The number of hydrogen-bond donors (Lipinski definition) is 0. The van der Waals surface area contributed by atoms with Crippen LogP contribution in [0.1, 0.15) is 0 Å². The molecule has 4 aromatic carbocycles. The molecule has 0 unspecified atom stereocenters. The van der Waals surface area contributed by atoms with E-state index in [-0.39, 0.29) is 15.0 Å². The zero-order chi connectivity index (χ0) is 19.7. The average Bonchev–Trinajstić information content (AvgIpc) is 2.79. The molecule has 4 aromatic rings. The van der Waals surface area contributed by atoms with Gasteiger partial charge in [0.15, 0.2) is 0 Å². The fraction of sp³-hybridized carbons (Fsp3) is 0.0769. The summed E-state index contributed by atoms with van der Waals surface area (Å²) < 4.78 is 14.6. The number of para-hydroxylation sites is 2. The molecule has 0 aromatic heterocycles. The summed E-state index contributed by atoms with van der Waals surface area (Å²) in [5.74, 6) is 1.75. The third-order valence-corrected chi connectivity index (χ3v) is 6.66. The van der Waals surface area contributed by atoms with Gasteiger partial charge in [-0.1, -0.05) is 0 Å². The van der Waals surface area contributed by atoms with Crippen LogP contribution in [0.3, 0.4) is 0 Å². The molecule has 0 N–H and O–H groups in total. The third-order valence-electron chi connectivity index (χ3n) is 4.39. The molecule has 0 spiro atoms. The predicted molar refractivity (Wildman–Crippen MR) is 121 cm³/mol. The van der Waals surface area contributed by atoms with E-state index in [9.17, 15) is 0 Å². The first-order chi connectivity index (χ1) is 14.4. The van der Waals surface area contributed by atoms with Crippen molar-refractivity contribution in [2.75, 3.05) is 13.2 Å². The van der Waals surface area contributed by atoms with E-state index in [0.717, 1.165) is 17.1 Å². The number of benzene rings is 4. The first kappa shape index (κ1) is 19.3. The molecule has 29 heavy (non-hydrogen) atoms. The second-order valence-electron chi connectivity index (χ2n) is 6.42. The maximum absolute atomic E-state index is 6.10. The topological polar surface area (TPSA) is 18.5 Å². The predicted octanol–water partition coefficient (Wildman–Crippen LogP) is 4.47. The van der Waals surface area contributed by atoms with Crippen molar-refractivity contribution in [2.24, 2.45) is 0 Å². The summed E-state index contributed by atoms with van der Waals surface area (Å²) in [6.07, 6.45) is 0. The third kappa shape index (κ3) is 5.29. The summed E-state index contributed by atoms with van der Waals surface area (Å²) in [5, 5.41) is 0. The Balaban J connectivity index is 1.49. The van der Waals surface area contributed by atoms with Crippen LogP contribution < -0.4 is 18.4 Å². The van der Waals surface area contributed by atoms with Gasteiger partial charge in [-0.05, 0) is 0 Å². The molecule has 2 nitrogen and oxygen atoms in total. The normalized spacial score (nSPS) is 10.5. The van der Waals surface area contributed by atoms with Gasteiger partial charge in [-0.25, -0.2) is 0 Å². The fourth-order valence-corrected chi connectivity index (χ4v) is 5.10. The van der Waals surface area contributed by atoms with Gasteiger partial charge in [-0.15, -0.1) is 0 Å². The zero-order valence-corrected chi connectivity index (χ0v) is 17.7. The van der Waals surface area contributed by atoms with E-state index in [1.54, 1.807) is 0 Å². The SMILES string of the molecule is c1ccc(OCCOc2ccccc2-c2ccccc2[Se]c2ccccc2)cc1. The quantitative estimate of drug-likeness (QED) is 0.295. The van der Waals surface area contributed by atoms with E-state index in [0.29, 0.717) is 13.2 Å². The van der Waals surface area contributed by atoms with E-state index in [1.807, 2.05) is 42.5 Å². The monoisotopic (exact) mass is 446 g/mol. The van der Waals surface area contributed by atoms with Crippen molar-refractivity contribution < 1.29 is 9.47 Å². The molecule has 0 radical (unpaired) electrons. The Morgan fingerprint density at radius 3 is 1.90 bits per heavy atom. The Labute approximate surface area is 178 Å². The van der Waals surface area contributed by atoms with Crippen LogP contribution in [0.5, 0.6) is 11.5 Å². The summed E-state index contributed by atoms with van der Waals surface area (Å²) in [6.45, 7) is 1.01. The molecule has 0 amide bonds. The van der Waals surface area contributed by atoms with Crippen molar-refractivity contribution >= 4 is 23.9 Å². The Hall–Kier alpha value is -3.00. The summed E-state index contributed by atoms with van der Waals surface area (Å²) in [4.78, 5) is 0. The van der Waals surface area contributed by atoms with Crippen molar-refractivity contribution in [1.29, 1.82) is 0 Å². The minimum atomic E-state index is 0.237. The molecule has 0 fully saturated rings. The first-order valence-electron chi connectivity index (χ1n) is 9.62. The van der Waals surface area contributed by atoms with E-state index in [1.165, 1.54) is 14.5 Å². The summed E-state index contributed by atoms with van der Waals surface area (Å²) >= 11 is 0.237.